The molecule has 0 atom stereocenters. The zero-order valence-electron chi connectivity index (χ0n) is 25.8. The average molecular weight is 619 g/mol. The maximum Gasteiger partial charge on any atom is 0.339 e. The van der Waals surface area contributed by atoms with Crippen LogP contribution in [0.5, 0.6) is 0 Å². The minimum absolute atomic E-state index is 0.481. The first-order valence-corrected chi connectivity index (χ1v) is 15.5. The van der Waals surface area contributed by atoms with Crippen molar-refractivity contribution >= 4 is 11.9 Å². The molecule has 0 amide bonds. The Labute approximate surface area is 275 Å². The molecule has 0 aliphatic rings. The fourth-order valence-electron chi connectivity index (χ4n) is 6.06. The van der Waals surface area contributed by atoms with Crippen LogP contribution in [0, 0.1) is 0 Å². The summed E-state index contributed by atoms with van der Waals surface area (Å²) in [7, 11) is 0. The van der Waals surface area contributed by atoms with E-state index in [4.69, 9.17) is 14.2 Å². The molecular formula is C42H34O5. The van der Waals surface area contributed by atoms with Crippen molar-refractivity contribution in [3.05, 3.63) is 215 Å². The fourth-order valence-corrected chi connectivity index (χ4v) is 6.06. The van der Waals surface area contributed by atoms with E-state index >= 15 is 0 Å². The van der Waals surface area contributed by atoms with Crippen molar-refractivity contribution in [2.24, 2.45) is 0 Å². The number of ether oxygens (including phenoxy) is 3. The molecule has 6 rings (SSSR count). The maximum absolute atomic E-state index is 13.3. The first-order valence-electron chi connectivity index (χ1n) is 15.5. The third-order valence-corrected chi connectivity index (χ3v) is 8.12. The molecule has 0 aliphatic carbocycles. The minimum atomic E-state index is -1.13. The van der Waals surface area contributed by atoms with E-state index in [0.29, 0.717) is 0 Å². The highest BCUT2D eigenvalue weighted by Gasteiger charge is 2.40. The summed E-state index contributed by atoms with van der Waals surface area (Å²) in [6.45, 7) is -0.961. The average Bonchev–Trinajstić information content (AvgIpc) is 3.15. The number of carbonyl (C=O) groups is 2. The van der Waals surface area contributed by atoms with Crippen LogP contribution in [0.2, 0.25) is 0 Å². The molecule has 0 saturated carbocycles. The van der Waals surface area contributed by atoms with Gasteiger partial charge in [0.2, 0.25) is 0 Å². The van der Waals surface area contributed by atoms with Crippen LogP contribution in [-0.4, -0.2) is 25.2 Å². The van der Waals surface area contributed by atoms with E-state index in [1.54, 1.807) is 0 Å². The second-order valence-electron chi connectivity index (χ2n) is 11.0. The van der Waals surface area contributed by atoms with Crippen molar-refractivity contribution in [2.45, 2.75) is 11.2 Å². The van der Waals surface area contributed by atoms with Crippen LogP contribution in [-0.2, 0) is 35.0 Å². The van der Waals surface area contributed by atoms with Gasteiger partial charge in [-0.25, -0.2) is 9.59 Å². The van der Waals surface area contributed by atoms with Gasteiger partial charge in [-0.15, -0.1) is 0 Å². The lowest BCUT2D eigenvalue weighted by atomic mass is 9.80. The summed E-state index contributed by atoms with van der Waals surface area (Å²) in [5.41, 5.74) is 2.72. The molecule has 0 fully saturated rings. The first kappa shape index (κ1) is 31.4. The van der Waals surface area contributed by atoms with Crippen LogP contribution < -0.4 is 0 Å². The Hall–Kier alpha value is -5.62. The Morgan fingerprint density at radius 2 is 0.532 bits per heavy atom. The molecule has 0 aliphatic heterocycles. The Bertz CT molecular complexity index is 1530. The second kappa shape index (κ2) is 14.6. The summed E-state index contributed by atoms with van der Waals surface area (Å²) in [5, 5.41) is 0. The SMILES string of the molecule is O=C(COC(c1ccccc1)(c1ccccc1)c1ccccc1)OC(=O)COC(c1ccccc1)(c1ccccc1)c1ccccc1. The molecule has 0 bridgehead atoms. The monoisotopic (exact) mass is 618 g/mol. The fraction of sp³-hybridized carbons (Fsp3) is 0.0952. The molecule has 0 heterocycles. The van der Waals surface area contributed by atoms with Crippen molar-refractivity contribution < 1.29 is 23.8 Å². The number of benzene rings is 6. The molecular weight excluding hydrogens is 584 g/mol. The van der Waals surface area contributed by atoms with Gasteiger partial charge in [0.1, 0.15) is 24.4 Å². The van der Waals surface area contributed by atoms with Gasteiger partial charge in [-0.3, -0.25) is 0 Å². The molecule has 0 saturated heterocycles. The van der Waals surface area contributed by atoms with Crippen molar-refractivity contribution in [1.82, 2.24) is 0 Å². The second-order valence-corrected chi connectivity index (χ2v) is 11.0. The van der Waals surface area contributed by atoms with Crippen LogP contribution in [0.25, 0.3) is 0 Å². The lowest BCUT2D eigenvalue weighted by molar-refractivity contribution is -0.170. The maximum atomic E-state index is 13.3. The van der Waals surface area contributed by atoms with Crippen LogP contribution in [0.3, 0.4) is 0 Å². The van der Waals surface area contributed by atoms with E-state index in [1.807, 2.05) is 182 Å². The van der Waals surface area contributed by atoms with Gasteiger partial charge in [-0.1, -0.05) is 182 Å². The lowest BCUT2D eigenvalue weighted by Crippen LogP contribution is -2.37. The Kier molecular flexibility index (Phi) is 9.78. The molecule has 0 radical (unpaired) electrons. The standard InChI is InChI=1S/C42H34O5/c43-39(31-45-41(33-19-7-1-8-20-33,34-21-9-2-10-22-34)35-23-11-3-12-24-35)47-40(44)32-46-42(36-25-13-4-14-26-36,37-27-15-5-16-28-37)38-29-17-6-18-30-38/h1-30H,31-32H2. The molecule has 232 valence electrons. The van der Waals surface area contributed by atoms with E-state index < -0.39 is 36.4 Å². The van der Waals surface area contributed by atoms with E-state index in [1.165, 1.54) is 0 Å². The highest BCUT2D eigenvalue weighted by molar-refractivity contribution is 5.86. The van der Waals surface area contributed by atoms with E-state index in [9.17, 15) is 9.59 Å². The first-order chi connectivity index (χ1) is 23.1. The molecule has 5 heteroatoms. The third kappa shape index (κ3) is 6.68. The normalized spacial score (nSPS) is 11.5. The smallest absolute Gasteiger partial charge is 0.339 e. The van der Waals surface area contributed by atoms with Crippen molar-refractivity contribution in [2.75, 3.05) is 13.2 Å². The molecule has 0 spiro atoms. The van der Waals surface area contributed by atoms with Crippen LogP contribution in [0.15, 0.2) is 182 Å². The number of hydrogen-bond donors (Lipinski definition) is 0. The lowest BCUT2D eigenvalue weighted by Gasteiger charge is -2.36. The summed E-state index contributed by atoms with van der Waals surface area (Å²) in [4.78, 5) is 26.6. The highest BCUT2D eigenvalue weighted by Crippen LogP contribution is 2.41. The minimum Gasteiger partial charge on any atom is -0.390 e. The van der Waals surface area contributed by atoms with Gasteiger partial charge in [0, 0.05) is 0 Å². The molecule has 0 aromatic heterocycles. The van der Waals surface area contributed by atoms with Crippen LogP contribution in [0.4, 0.5) is 0 Å². The van der Waals surface area contributed by atoms with Gasteiger partial charge in [0.25, 0.3) is 0 Å². The quantitative estimate of drug-likeness (QED) is 0.0789. The van der Waals surface area contributed by atoms with Gasteiger partial charge in [-0.05, 0) is 33.4 Å². The van der Waals surface area contributed by atoms with Crippen molar-refractivity contribution in [3.63, 3.8) is 0 Å². The molecule has 0 unspecified atom stereocenters. The number of hydrogen-bond acceptors (Lipinski definition) is 5. The van der Waals surface area contributed by atoms with Crippen molar-refractivity contribution in [1.29, 1.82) is 0 Å². The Balaban J connectivity index is 1.26. The molecule has 47 heavy (non-hydrogen) atoms. The predicted octanol–water partition coefficient (Wildman–Crippen LogP) is 8.07. The molecule has 6 aromatic carbocycles. The largest absolute Gasteiger partial charge is 0.390 e. The Morgan fingerprint density at radius 1 is 0.340 bits per heavy atom. The highest BCUT2D eigenvalue weighted by atomic mass is 16.6. The topological polar surface area (TPSA) is 61.8 Å². The van der Waals surface area contributed by atoms with Crippen molar-refractivity contribution in [3.8, 4) is 0 Å². The van der Waals surface area contributed by atoms with Gasteiger partial charge < -0.3 is 14.2 Å². The van der Waals surface area contributed by atoms with Gasteiger partial charge >= 0.3 is 11.9 Å². The van der Waals surface area contributed by atoms with Crippen LogP contribution in [0.1, 0.15) is 33.4 Å². The van der Waals surface area contributed by atoms with E-state index in [-0.39, 0.29) is 0 Å². The zero-order chi connectivity index (χ0) is 32.4. The van der Waals surface area contributed by atoms with Gasteiger partial charge in [0.15, 0.2) is 0 Å². The summed E-state index contributed by atoms with van der Waals surface area (Å²) in [6, 6.07) is 58.2. The third-order valence-electron chi connectivity index (χ3n) is 8.12. The Morgan fingerprint density at radius 3 is 0.723 bits per heavy atom. The van der Waals surface area contributed by atoms with Gasteiger partial charge in [0.05, 0.1) is 0 Å². The molecule has 5 nitrogen and oxygen atoms in total. The van der Waals surface area contributed by atoms with E-state index in [2.05, 4.69) is 0 Å². The van der Waals surface area contributed by atoms with E-state index in [0.717, 1.165) is 33.4 Å². The molecule has 0 N–H and O–H groups in total. The summed E-state index contributed by atoms with van der Waals surface area (Å²) >= 11 is 0. The number of carbonyl (C=O) groups excluding carboxylic acids is 2. The molecule has 6 aromatic rings. The zero-order valence-corrected chi connectivity index (χ0v) is 25.8. The summed E-state index contributed by atoms with van der Waals surface area (Å²) in [6.07, 6.45) is 0. The number of rotatable bonds is 12. The van der Waals surface area contributed by atoms with Gasteiger partial charge in [-0.2, -0.15) is 0 Å². The predicted molar refractivity (Wildman–Crippen MR) is 181 cm³/mol. The van der Waals surface area contributed by atoms with Crippen LogP contribution >= 0.6 is 0 Å². The number of esters is 2. The summed E-state index contributed by atoms with van der Waals surface area (Å²) in [5.74, 6) is -1.65. The summed E-state index contributed by atoms with van der Waals surface area (Å²) < 4.78 is 18.4.